The molecule has 0 aromatic carbocycles. The van der Waals surface area contributed by atoms with E-state index in [1.54, 1.807) is 0 Å². The first-order valence-electron chi connectivity index (χ1n) is 6.60. The van der Waals surface area contributed by atoms with Gasteiger partial charge < -0.3 is 5.32 Å². The second-order valence-corrected chi connectivity index (χ2v) is 4.69. The topological polar surface area (TPSA) is 41.0 Å². The molecule has 1 saturated heterocycles. The Morgan fingerprint density at radius 2 is 2.24 bits per heavy atom. The summed E-state index contributed by atoms with van der Waals surface area (Å²) < 4.78 is 0. The lowest BCUT2D eigenvalue weighted by atomic mass is 10.1. The van der Waals surface area contributed by atoms with Gasteiger partial charge in [0.2, 0.25) is 0 Å². The molecule has 17 heavy (non-hydrogen) atoms. The highest BCUT2D eigenvalue weighted by Crippen LogP contribution is 2.11. The Balaban J connectivity index is 1.81. The highest BCUT2D eigenvalue weighted by molar-refractivity contribution is 4.90. The average Bonchev–Trinajstić information content (AvgIpc) is 2.38. The maximum absolute atomic E-state index is 4.29. The van der Waals surface area contributed by atoms with Crippen LogP contribution in [0.1, 0.15) is 32.0 Å². The van der Waals surface area contributed by atoms with Crippen LogP contribution in [0.4, 0.5) is 0 Å². The molecule has 94 valence electrons. The number of likely N-dealkylation sites (tertiary alicyclic amines) is 1. The van der Waals surface area contributed by atoms with E-state index in [-0.39, 0.29) is 0 Å². The van der Waals surface area contributed by atoms with Gasteiger partial charge in [-0.15, -0.1) is 0 Å². The minimum atomic E-state index is 0.646. The Kier molecular flexibility index (Phi) is 4.88. The van der Waals surface area contributed by atoms with Gasteiger partial charge in [-0.05, 0) is 38.4 Å². The van der Waals surface area contributed by atoms with E-state index in [9.17, 15) is 0 Å². The summed E-state index contributed by atoms with van der Waals surface area (Å²) in [6.07, 6.45) is 7.41. The van der Waals surface area contributed by atoms with Crippen molar-refractivity contribution in [3.8, 4) is 0 Å². The van der Waals surface area contributed by atoms with Crippen molar-refractivity contribution >= 4 is 0 Å². The van der Waals surface area contributed by atoms with Crippen LogP contribution in [-0.2, 0) is 6.54 Å². The number of rotatable bonds is 5. The summed E-state index contributed by atoms with van der Waals surface area (Å²) in [5, 5.41) is 3.60. The fraction of sp³-hybridized carbons (Fsp3) is 0.692. The van der Waals surface area contributed by atoms with Crippen molar-refractivity contribution in [2.75, 3.05) is 19.6 Å². The van der Waals surface area contributed by atoms with Gasteiger partial charge in [-0.2, -0.15) is 0 Å². The molecule has 1 atom stereocenters. The summed E-state index contributed by atoms with van der Waals surface area (Å²) in [6.45, 7) is 6.51. The van der Waals surface area contributed by atoms with Crippen molar-refractivity contribution in [1.29, 1.82) is 0 Å². The minimum absolute atomic E-state index is 0.646. The number of nitrogens with zero attached hydrogens (tertiary/aromatic N) is 3. The molecule has 2 heterocycles. The molecule has 2 rings (SSSR count). The quantitative estimate of drug-likeness (QED) is 0.837. The molecule has 1 aliphatic heterocycles. The monoisotopic (exact) mass is 234 g/mol. The van der Waals surface area contributed by atoms with Crippen LogP contribution in [0.15, 0.2) is 18.5 Å². The molecule has 0 amide bonds. The van der Waals surface area contributed by atoms with Crippen LogP contribution in [0.2, 0.25) is 0 Å². The smallest absolute Gasteiger partial charge is 0.142 e. The van der Waals surface area contributed by atoms with Gasteiger partial charge >= 0.3 is 0 Å². The first kappa shape index (κ1) is 12.5. The van der Waals surface area contributed by atoms with Gasteiger partial charge in [0.1, 0.15) is 5.82 Å². The molecule has 4 nitrogen and oxygen atoms in total. The fourth-order valence-corrected chi connectivity index (χ4v) is 2.33. The molecule has 1 aromatic heterocycles. The van der Waals surface area contributed by atoms with Crippen LogP contribution in [0.25, 0.3) is 0 Å². The van der Waals surface area contributed by atoms with Gasteiger partial charge in [0.05, 0.1) is 6.54 Å². The third kappa shape index (κ3) is 4.06. The van der Waals surface area contributed by atoms with E-state index < -0.39 is 0 Å². The molecule has 1 fully saturated rings. The average molecular weight is 234 g/mol. The van der Waals surface area contributed by atoms with Crippen molar-refractivity contribution in [3.63, 3.8) is 0 Å². The highest BCUT2D eigenvalue weighted by atomic mass is 15.2. The summed E-state index contributed by atoms with van der Waals surface area (Å²) in [5.41, 5.74) is 0. The molecule has 0 saturated carbocycles. The number of piperidine rings is 1. The summed E-state index contributed by atoms with van der Waals surface area (Å²) in [6, 6.07) is 2.51. The molecule has 1 aliphatic rings. The zero-order chi connectivity index (χ0) is 11.9. The van der Waals surface area contributed by atoms with Crippen LogP contribution in [0.3, 0.4) is 0 Å². The molecule has 0 aliphatic carbocycles. The van der Waals surface area contributed by atoms with Gasteiger partial charge in [0.25, 0.3) is 0 Å². The van der Waals surface area contributed by atoms with Crippen LogP contribution >= 0.6 is 0 Å². The van der Waals surface area contributed by atoms with Gasteiger partial charge in [0.15, 0.2) is 0 Å². The standard InChI is InChI=1S/C13H22N4/c1-2-6-14-12-5-3-9-17(10-12)11-13-15-7-4-8-16-13/h4,7-8,12,14H,2-3,5-6,9-11H2,1H3. The number of aromatic nitrogens is 2. The number of hydrogen-bond acceptors (Lipinski definition) is 4. The second kappa shape index (κ2) is 6.67. The molecule has 1 unspecified atom stereocenters. The van der Waals surface area contributed by atoms with Crippen LogP contribution in [0, 0.1) is 0 Å². The zero-order valence-electron chi connectivity index (χ0n) is 10.6. The second-order valence-electron chi connectivity index (χ2n) is 4.69. The lowest BCUT2D eigenvalue weighted by Gasteiger charge is -2.32. The van der Waals surface area contributed by atoms with E-state index in [2.05, 4.69) is 27.1 Å². The Labute approximate surface area is 103 Å². The molecular weight excluding hydrogens is 212 g/mol. The Morgan fingerprint density at radius 1 is 1.41 bits per heavy atom. The van der Waals surface area contributed by atoms with E-state index in [1.165, 1.54) is 25.8 Å². The van der Waals surface area contributed by atoms with Crippen LogP contribution < -0.4 is 5.32 Å². The maximum Gasteiger partial charge on any atom is 0.142 e. The fourth-order valence-electron chi connectivity index (χ4n) is 2.33. The van der Waals surface area contributed by atoms with Crippen molar-refractivity contribution in [2.24, 2.45) is 0 Å². The molecule has 0 radical (unpaired) electrons. The largest absolute Gasteiger partial charge is 0.313 e. The zero-order valence-corrected chi connectivity index (χ0v) is 10.6. The first-order chi connectivity index (χ1) is 8.38. The SMILES string of the molecule is CCCNC1CCCN(Cc2ncccn2)C1. The molecule has 1 N–H and O–H groups in total. The molecule has 4 heteroatoms. The van der Waals surface area contributed by atoms with Crippen LogP contribution in [0.5, 0.6) is 0 Å². The lowest BCUT2D eigenvalue weighted by Crippen LogP contribution is -2.45. The van der Waals surface area contributed by atoms with Gasteiger partial charge in [-0.25, -0.2) is 9.97 Å². The number of nitrogens with one attached hydrogen (secondary N) is 1. The Hall–Kier alpha value is -1.00. The predicted molar refractivity (Wildman–Crippen MR) is 68.6 cm³/mol. The van der Waals surface area contributed by atoms with Gasteiger partial charge in [-0.1, -0.05) is 6.92 Å². The van der Waals surface area contributed by atoms with Gasteiger partial charge in [-0.3, -0.25) is 4.90 Å². The van der Waals surface area contributed by atoms with Crippen LogP contribution in [-0.4, -0.2) is 40.5 Å². The summed E-state index contributed by atoms with van der Waals surface area (Å²) >= 11 is 0. The van der Waals surface area contributed by atoms with E-state index in [0.717, 1.165) is 25.5 Å². The third-order valence-corrected chi connectivity index (χ3v) is 3.17. The Bertz CT molecular complexity index is 314. The first-order valence-corrected chi connectivity index (χ1v) is 6.60. The summed E-state index contributed by atoms with van der Waals surface area (Å²) in [5.74, 6) is 0.934. The molecular formula is C13H22N4. The maximum atomic E-state index is 4.29. The van der Waals surface area contributed by atoms with Crippen molar-refractivity contribution < 1.29 is 0 Å². The van der Waals surface area contributed by atoms with Crippen molar-refractivity contribution in [1.82, 2.24) is 20.2 Å². The Morgan fingerprint density at radius 3 is 3.00 bits per heavy atom. The number of hydrogen-bond donors (Lipinski definition) is 1. The lowest BCUT2D eigenvalue weighted by molar-refractivity contribution is 0.180. The molecule has 1 aromatic rings. The highest BCUT2D eigenvalue weighted by Gasteiger charge is 2.19. The normalized spacial score (nSPS) is 21.6. The molecule has 0 bridgehead atoms. The van der Waals surface area contributed by atoms with Gasteiger partial charge in [0, 0.05) is 25.0 Å². The van der Waals surface area contributed by atoms with Crippen molar-refractivity contribution in [3.05, 3.63) is 24.3 Å². The van der Waals surface area contributed by atoms with E-state index in [1.807, 2.05) is 18.5 Å². The summed E-state index contributed by atoms with van der Waals surface area (Å²) in [4.78, 5) is 11.0. The van der Waals surface area contributed by atoms with E-state index in [4.69, 9.17) is 0 Å². The van der Waals surface area contributed by atoms with E-state index >= 15 is 0 Å². The minimum Gasteiger partial charge on any atom is -0.313 e. The predicted octanol–water partition coefficient (Wildman–Crippen LogP) is 1.44. The molecule has 0 spiro atoms. The summed E-state index contributed by atoms with van der Waals surface area (Å²) in [7, 11) is 0. The van der Waals surface area contributed by atoms with E-state index in [0.29, 0.717) is 6.04 Å². The van der Waals surface area contributed by atoms with Crippen molar-refractivity contribution in [2.45, 2.75) is 38.8 Å². The third-order valence-electron chi connectivity index (χ3n) is 3.17.